The Labute approximate surface area is 108 Å². The number of ether oxygens (including phenoxy) is 2. The van der Waals surface area contributed by atoms with Crippen molar-refractivity contribution in [3.63, 3.8) is 0 Å². The van der Waals surface area contributed by atoms with Gasteiger partial charge < -0.3 is 15.2 Å². The van der Waals surface area contributed by atoms with Crippen LogP contribution in [0.15, 0.2) is 23.1 Å². The van der Waals surface area contributed by atoms with Crippen LogP contribution in [0.4, 0.5) is 0 Å². The van der Waals surface area contributed by atoms with Crippen LogP contribution in [-0.4, -0.2) is 26.5 Å². The lowest BCUT2D eigenvalue weighted by Gasteiger charge is -2.21. The summed E-state index contributed by atoms with van der Waals surface area (Å²) in [6.07, 6.45) is 0. The first-order chi connectivity index (χ1) is 8.02. The Bertz CT molecular complexity index is 366. The molecule has 0 aromatic heterocycles. The molecule has 0 spiro atoms. The molecule has 0 heterocycles. The lowest BCUT2D eigenvalue weighted by molar-refractivity contribution is 0.354. The van der Waals surface area contributed by atoms with Crippen molar-refractivity contribution >= 4 is 11.8 Å². The molecule has 1 rings (SSSR count). The minimum absolute atomic E-state index is 0.151. The molecule has 0 aliphatic carbocycles. The Morgan fingerprint density at radius 2 is 1.82 bits per heavy atom. The standard InChI is InChI=1S/C13H21NO2S/c1-13(2,8-14)9-17-10-5-6-11(15-3)12(7-10)16-4/h5-7H,8-9,14H2,1-4H3. The first-order valence-corrected chi connectivity index (χ1v) is 6.56. The molecule has 0 fully saturated rings. The third kappa shape index (κ3) is 4.13. The van der Waals surface area contributed by atoms with Crippen LogP contribution in [0.1, 0.15) is 13.8 Å². The minimum atomic E-state index is 0.151. The molecule has 0 bridgehead atoms. The summed E-state index contributed by atoms with van der Waals surface area (Å²) in [5, 5.41) is 0. The second-order valence-corrected chi connectivity index (χ2v) is 5.72. The summed E-state index contributed by atoms with van der Waals surface area (Å²) in [6, 6.07) is 5.96. The van der Waals surface area contributed by atoms with Crippen LogP contribution in [-0.2, 0) is 0 Å². The van der Waals surface area contributed by atoms with Crippen LogP contribution in [0.25, 0.3) is 0 Å². The predicted octanol–water partition coefficient (Wildman–Crippen LogP) is 2.78. The van der Waals surface area contributed by atoms with Gasteiger partial charge in [0.05, 0.1) is 14.2 Å². The van der Waals surface area contributed by atoms with Crippen LogP contribution in [0.2, 0.25) is 0 Å². The van der Waals surface area contributed by atoms with Crippen molar-refractivity contribution in [2.24, 2.45) is 11.1 Å². The molecule has 0 aliphatic heterocycles. The van der Waals surface area contributed by atoms with Crippen molar-refractivity contribution in [2.45, 2.75) is 18.7 Å². The zero-order valence-electron chi connectivity index (χ0n) is 10.9. The molecule has 3 nitrogen and oxygen atoms in total. The average molecular weight is 255 g/mol. The summed E-state index contributed by atoms with van der Waals surface area (Å²) in [4.78, 5) is 1.17. The van der Waals surface area contributed by atoms with Crippen molar-refractivity contribution in [2.75, 3.05) is 26.5 Å². The molecule has 17 heavy (non-hydrogen) atoms. The van der Waals surface area contributed by atoms with Gasteiger partial charge in [-0.1, -0.05) is 13.8 Å². The van der Waals surface area contributed by atoms with E-state index >= 15 is 0 Å². The maximum Gasteiger partial charge on any atom is 0.161 e. The van der Waals surface area contributed by atoms with Crippen LogP contribution in [0.3, 0.4) is 0 Å². The molecule has 0 atom stereocenters. The van der Waals surface area contributed by atoms with Gasteiger partial charge in [-0.05, 0) is 30.2 Å². The van der Waals surface area contributed by atoms with Gasteiger partial charge in [0.1, 0.15) is 0 Å². The molecule has 0 amide bonds. The molecular formula is C13H21NO2S. The van der Waals surface area contributed by atoms with E-state index in [0.29, 0.717) is 6.54 Å². The van der Waals surface area contributed by atoms with Crippen molar-refractivity contribution in [1.29, 1.82) is 0 Å². The van der Waals surface area contributed by atoms with Crippen LogP contribution in [0, 0.1) is 5.41 Å². The van der Waals surface area contributed by atoms with E-state index in [1.54, 1.807) is 26.0 Å². The quantitative estimate of drug-likeness (QED) is 0.794. The summed E-state index contributed by atoms with van der Waals surface area (Å²) in [5.74, 6) is 2.51. The predicted molar refractivity (Wildman–Crippen MR) is 73.1 cm³/mol. The fourth-order valence-electron chi connectivity index (χ4n) is 1.24. The van der Waals surface area contributed by atoms with Gasteiger partial charge in [0.15, 0.2) is 11.5 Å². The maximum atomic E-state index is 5.71. The SMILES string of the molecule is COc1ccc(SCC(C)(C)CN)cc1OC. The highest BCUT2D eigenvalue weighted by Gasteiger charge is 2.16. The molecule has 0 saturated heterocycles. The van der Waals surface area contributed by atoms with Crippen molar-refractivity contribution in [1.82, 2.24) is 0 Å². The highest BCUT2D eigenvalue weighted by molar-refractivity contribution is 7.99. The highest BCUT2D eigenvalue weighted by atomic mass is 32.2. The van der Waals surface area contributed by atoms with E-state index in [4.69, 9.17) is 15.2 Å². The number of thioether (sulfide) groups is 1. The first kappa shape index (κ1) is 14.2. The van der Waals surface area contributed by atoms with Gasteiger partial charge in [0.25, 0.3) is 0 Å². The Morgan fingerprint density at radius 1 is 1.18 bits per heavy atom. The summed E-state index contributed by atoms with van der Waals surface area (Å²) in [7, 11) is 3.29. The Morgan fingerprint density at radius 3 is 2.35 bits per heavy atom. The second kappa shape index (κ2) is 6.17. The van der Waals surface area contributed by atoms with Crippen LogP contribution >= 0.6 is 11.8 Å². The van der Waals surface area contributed by atoms with E-state index < -0.39 is 0 Å². The number of rotatable bonds is 6. The highest BCUT2D eigenvalue weighted by Crippen LogP contribution is 2.34. The number of hydrogen-bond donors (Lipinski definition) is 1. The number of methoxy groups -OCH3 is 2. The Balaban J connectivity index is 2.73. The number of hydrogen-bond acceptors (Lipinski definition) is 4. The minimum Gasteiger partial charge on any atom is -0.493 e. The number of nitrogens with two attached hydrogens (primary N) is 1. The average Bonchev–Trinajstić information content (AvgIpc) is 2.36. The van der Waals surface area contributed by atoms with Crippen molar-refractivity contribution in [3.8, 4) is 11.5 Å². The molecule has 0 radical (unpaired) electrons. The second-order valence-electron chi connectivity index (χ2n) is 4.67. The molecule has 1 aromatic carbocycles. The van der Waals surface area contributed by atoms with Crippen molar-refractivity contribution < 1.29 is 9.47 Å². The molecular weight excluding hydrogens is 234 g/mol. The van der Waals surface area contributed by atoms with Gasteiger partial charge in [-0.3, -0.25) is 0 Å². The lowest BCUT2D eigenvalue weighted by atomic mass is 9.97. The van der Waals surface area contributed by atoms with Gasteiger partial charge in [0, 0.05) is 10.6 Å². The largest absolute Gasteiger partial charge is 0.493 e. The van der Waals surface area contributed by atoms with E-state index in [1.165, 1.54) is 4.90 Å². The Hall–Kier alpha value is -0.870. The lowest BCUT2D eigenvalue weighted by Crippen LogP contribution is -2.25. The van der Waals surface area contributed by atoms with Crippen LogP contribution in [0.5, 0.6) is 11.5 Å². The summed E-state index contributed by atoms with van der Waals surface area (Å²) < 4.78 is 10.5. The summed E-state index contributed by atoms with van der Waals surface area (Å²) >= 11 is 1.79. The van der Waals surface area contributed by atoms with E-state index in [0.717, 1.165) is 17.3 Å². The monoisotopic (exact) mass is 255 g/mol. The van der Waals surface area contributed by atoms with Gasteiger partial charge >= 0.3 is 0 Å². The van der Waals surface area contributed by atoms with E-state index in [2.05, 4.69) is 13.8 Å². The van der Waals surface area contributed by atoms with Gasteiger partial charge in [-0.15, -0.1) is 11.8 Å². The summed E-state index contributed by atoms with van der Waals surface area (Å²) in [5.41, 5.74) is 5.86. The zero-order valence-corrected chi connectivity index (χ0v) is 11.8. The maximum absolute atomic E-state index is 5.71. The molecule has 96 valence electrons. The topological polar surface area (TPSA) is 44.5 Å². The first-order valence-electron chi connectivity index (χ1n) is 5.57. The summed E-state index contributed by atoms with van der Waals surface area (Å²) in [6.45, 7) is 5.02. The van der Waals surface area contributed by atoms with E-state index in [-0.39, 0.29) is 5.41 Å². The molecule has 4 heteroatoms. The zero-order chi connectivity index (χ0) is 12.9. The number of benzene rings is 1. The fourth-order valence-corrected chi connectivity index (χ4v) is 2.27. The van der Waals surface area contributed by atoms with Gasteiger partial charge in [0.2, 0.25) is 0 Å². The van der Waals surface area contributed by atoms with E-state index in [1.807, 2.05) is 18.2 Å². The molecule has 0 saturated carbocycles. The third-order valence-corrected chi connectivity index (χ3v) is 4.05. The van der Waals surface area contributed by atoms with Crippen LogP contribution < -0.4 is 15.2 Å². The van der Waals surface area contributed by atoms with Crippen molar-refractivity contribution in [3.05, 3.63) is 18.2 Å². The van der Waals surface area contributed by atoms with E-state index in [9.17, 15) is 0 Å². The molecule has 0 aliphatic rings. The Kier molecular flexibility index (Phi) is 5.15. The fraction of sp³-hybridized carbons (Fsp3) is 0.538. The van der Waals surface area contributed by atoms with Gasteiger partial charge in [-0.25, -0.2) is 0 Å². The molecule has 0 unspecified atom stereocenters. The normalized spacial score (nSPS) is 11.4. The van der Waals surface area contributed by atoms with Gasteiger partial charge in [-0.2, -0.15) is 0 Å². The molecule has 2 N–H and O–H groups in total. The third-order valence-electron chi connectivity index (χ3n) is 2.54. The smallest absolute Gasteiger partial charge is 0.161 e. The molecule has 1 aromatic rings.